The smallest absolute Gasteiger partial charge is 0.274 e. The van der Waals surface area contributed by atoms with Crippen LogP contribution in [0.2, 0.25) is 0 Å². The molecular formula is C19H23N5O2. The van der Waals surface area contributed by atoms with Crippen LogP contribution in [-0.4, -0.2) is 65.2 Å². The third kappa shape index (κ3) is 3.53. The summed E-state index contributed by atoms with van der Waals surface area (Å²) in [7, 11) is 0. The maximum atomic E-state index is 12.8. The molecule has 2 aromatic rings. The zero-order valence-corrected chi connectivity index (χ0v) is 14.8. The van der Waals surface area contributed by atoms with Crippen molar-refractivity contribution in [3.8, 4) is 0 Å². The van der Waals surface area contributed by atoms with Crippen LogP contribution in [0, 0.1) is 5.41 Å². The predicted octanol–water partition coefficient (Wildman–Crippen LogP) is 1.63. The zero-order valence-electron chi connectivity index (χ0n) is 14.8. The molecule has 2 fully saturated rings. The van der Waals surface area contributed by atoms with Crippen LogP contribution in [0.4, 0.5) is 5.69 Å². The van der Waals surface area contributed by atoms with Gasteiger partial charge in [0.1, 0.15) is 5.69 Å². The number of piperidine rings is 1. The summed E-state index contributed by atoms with van der Waals surface area (Å²) in [6.45, 7) is 4.50. The van der Waals surface area contributed by atoms with E-state index < -0.39 is 0 Å². The van der Waals surface area contributed by atoms with Crippen molar-refractivity contribution in [2.24, 2.45) is 5.41 Å². The van der Waals surface area contributed by atoms with Gasteiger partial charge in [0, 0.05) is 50.2 Å². The number of likely N-dealkylation sites (tertiary alicyclic amines) is 1. The fraction of sp³-hybridized carbons (Fsp3) is 0.474. The average Bonchev–Trinajstić information content (AvgIpc) is 2.91. The van der Waals surface area contributed by atoms with Crippen molar-refractivity contribution < 1.29 is 9.53 Å². The molecule has 4 rings (SSSR count). The van der Waals surface area contributed by atoms with Crippen molar-refractivity contribution >= 4 is 11.6 Å². The van der Waals surface area contributed by atoms with Gasteiger partial charge >= 0.3 is 0 Å². The molecule has 2 saturated heterocycles. The standard InChI is InChI=1S/C19H23N5O2/c25-18(17-12-21-6-7-22-17)24-8-2-4-19(14-24)13-23(9-10-26-15-19)16-3-1-5-20-11-16/h1,3,5-7,11-12H,2,4,8-10,13-15H2. The lowest BCUT2D eigenvalue weighted by atomic mass is 9.80. The third-order valence-corrected chi connectivity index (χ3v) is 5.18. The van der Waals surface area contributed by atoms with Crippen LogP contribution in [0.15, 0.2) is 43.1 Å². The average molecular weight is 353 g/mol. The molecule has 0 N–H and O–H groups in total. The quantitative estimate of drug-likeness (QED) is 0.817. The van der Waals surface area contributed by atoms with Crippen LogP contribution in [0.3, 0.4) is 0 Å². The molecule has 1 spiro atoms. The summed E-state index contributed by atoms with van der Waals surface area (Å²) in [6.07, 6.45) is 10.4. The molecule has 0 aliphatic carbocycles. The molecule has 0 bridgehead atoms. The van der Waals surface area contributed by atoms with E-state index in [4.69, 9.17) is 4.74 Å². The van der Waals surface area contributed by atoms with Gasteiger partial charge in [-0.05, 0) is 25.0 Å². The Morgan fingerprint density at radius 2 is 2.04 bits per heavy atom. The van der Waals surface area contributed by atoms with Crippen molar-refractivity contribution in [1.82, 2.24) is 19.9 Å². The van der Waals surface area contributed by atoms with Crippen LogP contribution >= 0.6 is 0 Å². The number of nitrogens with zero attached hydrogens (tertiary/aromatic N) is 5. The predicted molar refractivity (Wildman–Crippen MR) is 96.9 cm³/mol. The molecule has 7 heteroatoms. The zero-order chi connectivity index (χ0) is 17.8. The van der Waals surface area contributed by atoms with Crippen LogP contribution in [0.25, 0.3) is 0 Å². The Morgan fingerprint density at radius 3 is 2.85 bits per heavy atom. The number of anilines is 1. The van der Waals surface area contributed by atoms with E-state index in [0.29, 0.717) is 25.5 Å². The number of ether oxygens (including phenoxy) is 1. The van der Waals surface area contributed by atoms with Gasteiger partial charge in [0.05, 0.1) is 31.3 Å². The minimum atomic E-state index is -0.0670. The van der Waals surface area contributed by atoms with Crippen molar-refractivity contribution in [3.05, 3.63) is 48.8 Å². The lowest BCUT2D eigenvalue weighted by Crippen LogP contribution is -2.52. The normalized spacial score (nSPS) is 23.7. The number of amides is 1. The first-order chi connectivity index (χ1) is 12.8. The molecule has 1 atom stereocenters. The fourth-order valence-corrected chi connectivity index (χ4v) is 3.95. The summed E-state index contributed by atoms with van der Waals surface area (Å²) in [5, 5.41) is 0. The Balaban J connectivity index is 1.53. The van der Waals surface area contributed by atoms with Crippen LogP contribution in [0.1, 0.15) is 23.3 Å². The second kappa shape index (κ2) is 7.37. The maximum absolute atomic E-state index is 12.8. The van der Waals surface area contributed by atoms with Gasteiger partial charge in [0.25, 0.3) is 5.91 Å². The monoisotopic (exact) mass is 353 g/mol. The Hall–Kier alpha value is -2.54. The van der Waals surface area contributed by atoms with Gasteiger partial charge < -0.3 is 14.5 Å². The van der Waals surface area contributed by atoms with Crippen molar-refractivity contribution in [3.63, 3.8) is 0 Å². The van der Waals surface area contributed by atoms with Gasteiger partial charge in [0.15, 0.2) is 0 Å². The fourth-order valence-electron chi connectivity index (χ4n) is 3.95. The summed E-state index contributed by atoms with van der Waals surface area (Å²) in [6, 6.07) is 4.04. The van der Waals surface area contributed by atoms with Crippen molar-refractivity contribution in [1.29, 1.82) is 0 Å². The SMILES string of the molecule is O=C(c1cnccn1)N1CCCC2(COCCN(c3cccnc3)C2)C1. The van der Waals surface area contributed by atoms with E-state index in [1.54, 1.807) is 18.6 Å². The first kappa shape index (κ1) is 16.9. The molecule has 0 saturated carbocycles. The number of aromatic nitrogens is 3. The highest BCUT2D eigenvalue weighted by molar-refractivity contribution is 5.92. The molecule has 1 unspecified atom stereocenters. The Labute approximate surface area is 153 Å². The highest BCUT2D eigenvalue weighted by Crippen LogP contribution is 2.34. The first-order valence-electron chi connectivity index (χ1n) is 9.04. The molecule has 0 radical (unpaired) electrons. The van der Waals surface area contributed by atoms with E-state index in [0.717, 1.165) is 38.2 Å². The summed E-state index contributed by atoms with van der Waals surface area (Å²) in [4.78, 5) is 29.5. The van der Waals surface area contributed by atoms with Gasteiger partial charge in [-0.15, -0.1) is 0 Å². The topological polar surface area (TPSA) is 71.5 Å². The van der Waals surface area contributed by atoms with E-state index in [1.165, 1.54) is 6.20 Å². The van der Waals surface area contributed by atoms with Crippen LogP contribution < -0.4 is 4.90 Å². The lowest BCUT2D eigenvalue weighted by Gasteiger charge is -2.43. The largest absolute Gasteiger partial charge is 0.379 e. The van der Waals surface area contributed by atoms with E-state index in [1.807, 2.05) is 17.2 Å². The van der Waals surface area contributed by atoms with Gasteiger partial charge in [-0.3, -0.25) is 14.8 Å². The second-order valence-electron chi connectivity index (χ2n) is 7.11. The second-order valence-corrected chi connectivity index (χ2v) is 7.11. The van der Waals surface area contributed by atoms with E-state index >= 15 is 0 Å². The number of hydrogen-bond acceptors (Lipinski definition) is 6. The molecule has 0 aromatic carbocycles. The molecule has 4 heterocycles. The summed E-state index contributed by atoms with van der Waals surface area (Å²) in [5.74, 6) is -0.0469. The number of carbonyl (C=O) groups is 1. The molecule has 2 aromatic heterocycles. The highest BCUT2D eigenvalue weighted by Gasteiger charge is 2.40. The Kier molecular flexibility index (Phi) is 4.79. The lowest BCUT2D eigenvalue weighted by molar-refractivity contribution is 0.0133. The van der Waals surface area contributed by atoms with Crippen molar-refractivity contribution in [2.45, 2.75) is 12.8 Å². The van der Waals surface area contributed by atoms with Gasteiger partial charge in [-0.2, -0.15) is 0 Å². The maximum Gasteiger partial charge on any atom is 0.274 e. The van der Waals surface area contributed by atoms with E-state index in [2.05, 4.69) is 25.9 Å². The Bertz CT molecular complexity index is 742. The van der Waals surface area contributed by atoms with E-state index in [9.17, 15) is 4.79 Å². The van der Waals surface area contributed by atoms with Gasteiger partial charge in [-0.25, -0.2) is 4.98 Å². The van der Waals surface area contributed by atoms with Crippen LogP contribution in [0.5, 0.6) is 0 Å². The molecule has 1 amide bonds. The third-order valence-electron chi connectivity index (χ3n) is 5.18. The molecule has 136 valence electrons. The molecular weight excluding hydrogens is 330 g/mol. The first-order valence-corrected chi connectivity index (χ1v) is 9.04. The number of rotatable bonds is 2. The summed E-state index contributed by atoms with van der Waals surface area (Å²) in [5.41, 5.74) is 1.44. The van der Waals surface area contributed by atoms with Gasteiger partial charge in [-0.1, -0.05) is 0 Å². The highest BCUT2D eigenvalue weighted by atomic mass is 16.5. The van der Waals surface area contributed by atoms with Gasteiger partial charge in [0.2, 0.25) is 0 Å². The minimum Gasteiger partial charge on any atom is -0.379 e. The van der Waals surface area contributed by atoms with E-state index in [-0.39, 0.29) is 11.3 Å². The minimum absolute atomic E-state index is 0.0469. The number of carbonyl (C=O) groups excluding carboxylic acids is 1. The number of pyridine rings is 1. The Morgan fingerprint density at radius 1 is 1.12 bits per heavy atom. The summed E-state index contributed by atoms with van der Waals surface area (Å²) >= 11 is 0. The molecule has 2 aliphatic heterocycles. The van der Waals surface area contributed by atoms with Crippen molar-refractivity contribution in [2.75, 3.05) is 44.3 Å². The van der Waals surface area contributed by atoms with Crippen LogP contribution in [-0.2, 0) is 4.74 Å². The molecule has 7 nitrogen and oxygen atoms in total. The molecule has 2 aliphatic rings. The summed E-state index contributed by atoms with van der Waals surface area (Å²) < 4.78 is 5.95. The number of hydrogen-bond donors (Lipinski definition) is 0. The molecule has 26 heavy (non-hydrogen) atoms.